The maximum Gasteiger partial charge on any atom is 0.336 e. The molecule has 0 aliphatic carbocycles. The van der Waals surface area contributed by atoms with Crippen molar-refractivity contribution >= 4 is 32.7 Å². The van der Waals surface area contributed by atoms with Crippen LogP contribution in [0.2, 0.25) is 0 Å². The van der Waals surface area contributed by atoms with Crippen LogP contribution in [-0.2, 0) is 0 Å². The van der Waals surface area contributed by atoms with E-state index >= 15 is 0 Å². The van der Waals surface area contributed by atoms with Crippen LogP contribution in [0.25, 0.3) is 21.9 Å². The second-order valence-electron chi connectivity index (χ2n) is 4.64. The number of carboxylic acid groups (broad SMARTS) is 1. The second-order valence-corrected chi connectivity index (χ2v) is 5.55. The third kappa shape index (κ3) is 2.43. The number of fused-ring (bicyclic) bond motifs is 1. The van der Waals surface area contributed by atoms with Crippen LogP contribution in [0.15, 0.2) is 59.1 Å². The molecule has 0 atom stereocenters. The van der Waals surface area contributed by atoms with Gasteiger partial charge in [0.15, 0.2) is 0 Å². The van der Waals surface area contributed by atoms with Crippen LogP contribution < -0.4 is 0 Å². The molecule has 0 aromatic heterocycles. The Bertz CT molecular complexity index is 859. The van der Waals surface area contributed by atoms with E-state index in [4.69, 9.17) is 0 Å². The summed E-state index contributed by atoms with van der Waals surface area (Å²) in [5, 5.41) is 10.6. The highest BCUT2D eigenvalue weighted by Gasteiger charge is 2.15. The predicted molar refractivity (Wildman–Crippen MR) is 84.0 cm³/mol. The lowest BCUT2D eigenvalue weighted by atomic mass is 9.94. The van der Waals surface area contributed by atoms with E-state index in [0.717, 1.165) is 0 Å². The van der Waals surface area contributed by atoms with E-state index in [-0.39, 0.29) is 11.4 Å². The van der Waals surface area contributed by atoms with E-state index in [1.165, 1.54) is 6.07 Å². The summed E-state index contributed by atoms with van der Waals surface area (Å²) < 4.78 is 14.6. The minimum absolute atomic E-state index is 0.182. The van der Waals surface area contributed by atoms with Gasteiger partial charge in [-0.1, -0.05) is 52.3 Å². The maximum absolute atomic E-state index is 13.9. The van der Waals surface area contributed by atoms with Gasteiger partial charge in [-0.15, -0.1) is 0 Å². The summed E-state index contributed by atoms with van der Waals surface area (Å²) in [4.78, 5) is 11.5. The molecule has 0 aliphatic rings. The van der Waals surface area contributed by atoms with E-state index in [2.05, 4.69) is 15.9 Å². The fraction of sp³-hybridized carbons (Fsp3) is 0. The van der Waals surface area contributed by atoms with Crippen molar-refractivity contribution in [3.63, 3.8) is 0 Å². The first-order valence-electron chi connectivity index (χ1n) is 6.28. The van der Waals surface area contributed by atoms with Crippen LogP contribution in [0.1, 0.15) is 10.4 Å². The Balaban J connectivity index is 2.36. The molecule has 0 spiro atoms. The van der Waals surface area contributed by atoms with Gasteiger partial charge in [-0.3, -0.25) is 0 Å². The largest absolute Gasteiger partial charge is 0.478 e. The summed E-state index contributed by atoms with van der Waals surface area (Å²) in [6.45, 7) is 0. The van der Waals surface area contributed by atoms with Gasteiger partial charge in [-0.2, -0.15) is 0 Å². The molecule has 104 valence electrons. The number of halogens is 2. The normalized spacial score (nSPS) is 10.8. The number of hydrogen-bond donors (Lipinski definition) is 1. The van der Waals surface area contributed by atoms with E-state index in [1.807, 2.05) is 6.07 Å². The topological polar surface area (TPSA) is 37.3 Å². The summed E-state index contributed by atoms with van der Waals surface area (Å²) in [7, 11) is 0. The van der Waals surface area contributed by atoms with E-state index in [1.54, 1.807) is 42.5 Å². The molecule has 0 unspecified atom stereocenters. The Labute approximate surface area is 129 Å². The number of hydrogen-bond acceptors (Lipinski definition) is 1. The van der Waals surface area contributed by atoms with Gasteiger partial charge < -0.3 is 5.11 Å². The van der Waals surface area contributed by atoms with Gasteiger partial charge in [0.05, 0.1) is 5.56 Å². The first kappa shape index (κ1) is 13.8. The smallest absolute Gasteiger partial charge is 0.336 e. The van der Waals surface area contributed by atoms with E-state index in [0.29, 0.717) is 26.4 Å². The summed E-state index contributed by atoms with van der Waals surface area (Å²) in [5.41, 5.74) is 1.46. The maximum atomic E-state index is 13.9. The summed E-state index contributed by atoms with van der Waals surface area (Å²) in [6.07, 6.45) is 0. The fourth-order valence-corrected chi connectivity index (χ4v) is 2.79. The first-order chi connectivity index (χ1) is 10.1. The van der Waals surface area contributed by atoms with Crippen LogP contribution >= 0.6 is 15.9 Å². The zero-order valence-electron chi connectivity index (χ0n) is 10.8. The van der Waals surface area contributed by atoms with Crippen molar-refractivity contribution < 1.29 is 14.3 Å². The predicted octanol–water partition coefficient (Wildman–Crippen LogP) is 5.11. The molecule has 0 heterocycles. The van der Waals surface area contributed by atoms with Crippen molar-refractivity contribution in [3.05, 3.63) is 70.5 Å². The third-order valence-electron chi connectivity index (χ3n) is 3.37. The Hall–Kier alpha value is -2.20. The van der Waals surface area contributed by atoms with Gasteiger partial charge in [0.1, 0.15) is 5.82 Å². The molecule has 0 radical (unpaired) electrons. The Morgan fingerprint density at radius 3 is 2.33 bits per heavy atom. The molecule has 0 saturated heterocycles. The second kappa shape index (κ2) is 5.30. The first-order valence-corrected chi connectivity index (χ1v) is 7.07. The van der Waals surface area contributed by atoms with Crippen LogP contribution in [0, 0.1) is 5.82 Å². The minimum atomic E-state index is -1.01. The van der Waals surface area contributed by atoms with Crippen molar-refractivity contribution in [3.8, 4) is 11.1 Å². The Kier molecular flexibility index (Phi) is 3.47. The molecule has 0 bridgehead atoms. The molecule has 21 heavy (non-hydrogen) atoms. The summed E-state index contributed by atoms with van der Waals surface area (Å²) >= 11 is 3.28. The third-order valence-corrected chi connectivity index (χ3v) is 3.87. The van der Waals surface area contributed by atoms with Crippen molar-refractivity contribution in [2.24, 2.45) is 0 Å². The molecule has 1 N–H and O–H groups in total. The van der Waals surface area contributed by atoms with Gasteiger partial charge >= 0.3 is 5.97 Å². The van der Waals surface area contributed by atoms with Crippen LogP contribution in [0.3, 0.4) is 0 Å². The van der Waals surface area contributed by atoms with Gasteiger partial charge in [0, 0.05) is 9.86 Å². The summed E-state index contributed by atoms with van der Waals surface area (Å²) in [6, 6.07) is 15.1. The molecule has 0 aliphatic heterocycles. The molecule has 3 aromatic rings. The minimum Gasteiger partial charge on any atom is -0.478 e. The zero-order chi connectivity index (χ0) is 15.0. The van der Waals surface area contributed by atoms with E-state index in [9.17, 15) is 14.3 Å². The Morgan fingerprint density at radius 2 is 1.62 bits per heavy atom. The fourth-order valence-electron chi connectivity index (χ4n) is 2.43. The van der Waals surface area contributed by atoms with Gasteiger partial charge in [-0.05, 0) is 34.7 Å². The van der Waals surface area contributed by atoms with Crippen molar-refractivity contribution in [1.82, 2.24) is 0 Å². The van der Waals surface area contributed by atoms with Crippen LogP contribution in [-0.4, -0.2) is 11.1 Å². The van der Waals surface area contributed by atoms with Crippen molar-refractivity contribution in [2.75, 3.05) is 0 Å². The number of carboxylic acids is 1. The average molecular weight is 345 g/mol. The molecule has 3 rings (SSSR count). The molecule has 4 heteroatoms. The number of aromatic carboxylic acids is 1. The van der Waals surface area contributed by atoms with E-state index < -0.39 is 5.97 Å². The standard InChI is InChI=1S/C17H10BrFO2/c18-10-5-6-13(15(9-10)17(20)21)12-7-8-16(19)14-4-2-1-3-11(12)14/h1-9H,(H,20,21). The highest BCUT2D eigenvalue weighted by Crippen LogP contribution is 2.33. The van der Waals surface area contributed by atoms with Crippen LogP contribution in [0.4, 0.5) is 4.39 Å². The molecular weight excluding hydrogens is 335 g/mol. The van der Waals surface area contributed by atoms with Crippen LogP contribution in [0.5, 0.6) is 0 Å². The molecule has 2 nitrogen and oxygen atoms in total. The number of rotatable bonds is 2. The van der Waals surface area contributed by atoms with Crippen molar-refractivity contribution in [2.45, 2.75) is 0 Å². The van der Waals surface area contributed by atoms with Crippen molar-refractivity contribution in [1.29, 1.82) is 0 Å². The number of carbonyl (C=O) groups is 1. The number of benzene rings is 3. The Morgan fingerprint density at radius 1 is 0.952 bits per heavy atom. The lowest BCUT2D eigenvalue weighted by Gasteiger charge is -2.11. The quantitative estimate of drug-likeness (QED) is 0.701. The van der Waals surface area contributed by atoms with Gasteiger partial charge in [0.2, 0.25) is 0 Å². The van der Waals surface area contributed by atoms with Gasteiger partial charge in [-0.25, -0.2) is 9.18 Å². The molecule has 0 saturated carbocycles. The lowest BCUT2D eigenvalue weighted by Crippen LogP contribution is -2.00. The highest BCUT2D eigenvalue weighted by molar-refractivity contribution is 9.10. The monoisotopic (exact) mass is 344 g/mol. The highest BCUT2D eigenvalue weighted by atomic mass is 79.9. The summed E-state index contributed by atoms with van der Waals surface area (Å²) in [5.74, 6) is -1.33. The SMILES string of the molecule is O=C(O)c1cc(Br)ccc1-c1ccc(F)c2ccccc12. The molecule has 0 amide bonds. The molecular formula is C17H10BrFO2. The molecule has 3 aromatic carbocycles. The average Bonchev–Trinajstić information content (AvgIpc) is 2.48. The van der Waals surface area contributed by atoms with Gasteiger partial charge in [0.25, 0.3) is 0 Å². The zero-order valence-corrected chi connectivity index (χ0v) is 12.4. The molecule has 0 fully saturated rings. The lowest BCUT2D eigenvalue weighted by molar-refractivity contribution is 0.0697.